The van der Waals surface area contributed by atoms with Crippen LogP contribution in [0.3, 0.4) is 0 Å². The lowest BCUT2D eigenvalue weighted by Gasteiger charge is -2.25. The number of nitrogens with two attached hydrogens (primary N) is 1. The lowest BCUT2D eigenvalue weighted by molar-refractivity contribution is -0.144. The third-order valence-electron chi connectivity index (χ3n) is 4.45. The van der Waals surface area contributed by atoms with E-state index < -0.39 is 17.4 Å². The van der Waals surface area contributed by atoms with Crippen LogP contribution in [0.5, 0.6) is 5.75 Å². The van der Waals surface area contributed by atoms with Crippen molar-refractivity contribution in [3.63, 3.8) is 0 Å². The van der Waals surface area contributed by atoms with E-state index in [1.165, 1.54) is 0 Å². The molecule has 0 spiro atoms. The molecule has 1 aromatic carbocycles. The first-order chi connectivity index (χ1) is 8.85. The Kier molecular flexibility index (Phi) is 3.31. The normalized spacial score (nSPS) is 17.9. The van der Waals surface area contributed by atoms with Crippen molar-refractivity contribution >= 4 is 5.97 Å². The molecule has 1 saturated carbocycles. The minimum atomic E-state index is -0.785. The fraction of sp³-hybridized carbons (Fsp3) is 0.533. The summed E-state index contributed by atoms with van der Waals surface area (Å²) in [6.45, 7) is 5.92. The molecule has 0 bridgehead atoms. The van der Waals surface area contributed by atoms with E-state index in [4.69, 9.17) is 10.5 Å². The van der Waals surface area contributed by atoms with Gasteiger partial charge in [-0.15, -0.1) is 0 Å². The molecule has 0 aromatic heterocycles. The number of benzene rings is 1. The Bertz CT molecular complexity index is 533. The molecule has 3 N–H and O–H groups in total. The van der Waals surface area contributed by atoms with Gasteiger partial charge in [0, 0.05) is 6.04 Å². The summed E-state index contributed by atoms with van der Waals surface area (Å²) in [6.07, 6.45) is 1.32. The second-order valence-electron chi connectivity index (χ2n) is 5.50. The number of aryl methyl sites for hydroxylation is 1. The summed E-state index contributed by atoms with van der Waals surface area (Å²) in [5, 5.41) is 9.38. The fourth-order valence-electron chi connectivity index (χ4n) is 2.82. The Balaban J connectivity index is 2.52. The molecule has 2 rings (SSSR count). The van der Waals surface area contributed by atoms with Crippen molar-refractivity contribution in [2.45, 2.75) is 39.7 Å². The second-order valence-corrected chi connectivity index (χ2v) is 5.50. The first-order valence-electron chi connectivity index (χ1n) is 6.49. The lowest BCUT2D eigenvalue weighted by atomic mass is 9.84. The highest BCUT2D eigenvalue weighted by atomic mass is 16.5. The quantitative estimate of drug-likeness (QED) is 0.875. The van der Waals surface area contributed by atoms with Gasteiger partial charge in [0.2, 0.25) is 0 Å². The minimum Gasteiger partial charge on any atom is -0.496 e. The highest BCUT2D eigenvalue weighted by Gasteiger charge is 2.55. The average molecular weight is 263 g/mol. The zero-order valence-electron chi connectivity index (χ0n) is 11.9. The summed E-state index contributed by atoms with van der Waals surface area (Å²) < 4.78 is 5.33. The van der Waals surface area contributed by atoms with Crippen LogP contribution in [0.25, 0.3) is 0 Å². The van der Waals surface area contributed by atoms with Crippen LogP contribution in [-0.4, -0.2) is 18.2 Å². The standard InChI is InChI=1S/C15H21NO3/c1-8-7-11(19-4)9(2)10(3)12(8)13(16)15(5-6-15)14(17)18/h7,13H,5-6,16H2,1-4H3,(H,17,18). The van der Waals surface area contributed by atoms with Gasteiger partial charge in [-0.2, -0.15) is 0 Å². The molecule has 0 saturated heterocycles. The van der Waals surface area contributed by atoms with Gasteiger partial charge >= 0.3 is 5.97 Å². The number of hydrogen-bond donors (Lipinski definition) is 2. The zero-order chi connectivity index (χ0) is 14.4. The molecule has 0 heterocycles. The van der Waals surface area contributed by atoms with Crippen LogP contribution >= 0.6 is 0 Å². The van der Waals surface area contributed by atoms with Gasteiger partial charge in [0.15, 0.2) is 0 Å². The van der Waals surface area contributed by atoms with E-state index in [0.29, 0.717) is 12.8 Å². The van der Waals surface area contributed by atoms with Crippen molar-refractivity contribution in [1.29, 1.82) is 0 Å². The van der Waals surface area contributed by atoms with Crippen LogP contribution in [0.4, 0.5) is 0 Å². The van der Waals surface area contributed by atoms with Gasteiger partial charge in [-0.1, -0.05) is 0 Å². The van der Waals surface area contributed by atoms with E-state index in [9.17, 15) is 9.90 Å². The largest absolute Gasteiger partial charge is 0.496 e. The van der Waals surface area contributed by atoms with Gasteiger partial charge in [-0.3, -0.25) is 4.79 Å². The SMILES string of the molecule is COc1cc(C)c(C(N)C2(C(=O)O)CC2)c(C)c1C. The van der Waals surface area contributed by atoms with E-state index >= 15 is 0 Å². The molecular weight excluding hydrogens is 242 g/mol. The molecule has 1 atom stereocenters. The van der Waals surface area contributed by atoms with Crippen LogP contribution in [0.2, 0.25) is 0 Å². The van der Waals surface area contributed by atoms with Crippen molar-refractivity contribution in [1.82, 2.24) is 0 Å². The third kappa shape index (κ3) is 2.00. The number of ether oxygens (including phenoxy) is 1. The summed E-state index contributed by atoms with van der Waals surface area (Å²) in [7, 11) is 1.64. The molecule has 4 heteroatoms. The number of rotatable bonds is 4. The maximum absolute atomic E-state index is 11.4. The van der Waals surface area contributed by atoms with Crippen molar-refractivity contribution in [2.75, 3.05) is 7.11 Å². The first-order valence-corrected chi connectivity index (χ1v) is 6.49. The van der Waals surface area contributed by atoms with Crippen molar-refractivity contribution < 1.29 is 14.6 Å². The van der Waals surface area contributed by atoms with Crippen LogP contribution in [0.1, 0.15) is 41.1 Å². The smallest absolute Gasteiger partial charge is 0.311 e. The molecule has 1 unspecified atom stereocenters. The average Bonchev–Trinajstić information content (AvgIpc) is 3.15. The number of carbonyl (C=O) groups is 1. The van der Waals surface area contributed by atoms with Crippen LogP contribution in [-0.2, 0) is 4.79 Å². The molecule has 104 valence electrons. The highest BCUT2D eigenvalue weighted by molar-refractivity contribution is 5.79. The molecule has 19 heavy (non-hydrogen) atoms. The first kappa shape index (κ1) is 13.9. The molecule has 0 aliphatic heterocycles. The van der Waals surface area contributed by atoms with Crippen LogP contribution in [0, 0.1) is 26.2 Å². The van der Waals surface area contributed by atoms with Crippen molar-refractivity contribution in [2.24, 2.45) is 11.1 Å². The van der Waals surface area contributed by atoms with Gasteiger partial charge in [0.25, 0.3) is 0 Å². The molecule has 1 aliphatic rings. The minimum absolute atomic E-state index is 0.449. The van der Waals surface area contributed by atoms with Gasteiger partial charge in [-0.25, -0.2) is 0 Å². The Labute approximate surface area is 113 Å². The number of hydrogen-bond acceptors (Lipinski definition) is 3. The van der Waals surface area contributed by atoms with E-state index in [1.54, 1.807) is 7.11 Å². The fourth-order valence-corrected chi connectivity index (χ4v) is 2.82. The Morgan fingerprint density at radius 3 is 2.37 bits per heavy atom. The summed E-state index contributed by atoms with van der Waals surface area (Å²) in [5.74, 6) is 0.0402. The maximum atomic E-state index is 11.4. The maximum Gasteiger partial charge on any atom is 0.311 e. The predicted molar refractivity (Wildman–Crippen MR) is 73.4 cm³/mol. The molecule has 0 amide bonds. The third-order valence-corrected chi connectivity index (χ3v) is 4.45. The number of carboxylic acids is 1. The summed E-state index contributed by atoms with van der Waals surface area (Å²) in [6, 6.07) is 1.49. The number of aliphatic carboxylic acids is 1. The monoisotopic (exact) mass is 263 g/mol. The van der Waals surface area contributed by atoms with Crippen molar-refractivity contribution in [3.8, 4) is 5.75 Å². The Morgan fingerprint density at radius 1 is 1.37 bits per heavy atom. The van der Waals surface area contributed by atoms with Gasteiger partial charge in [-0.05, 0) is 61.9 Å². The molecule has 1 fully saturated rings. The number of carboxylic acid groups (broad SMARTS) is 1. The van der Waals surface area contributed by atoms with Gasteiger partial charge < -0.3 is 15.6 Å². The molecule has 0 radical (unpaired) electrons. The van der Waals surface area contributed by atoms with E-state index in [2.05, 4.69) is 0 Å². The van der Waals surface area contributed by atoms with Gasteiger partial charge in [0.05, 0.1) is 12.5 Å². The molecule has 1 aliphatic carbocycles. The topological polar surface area (TPSA) is 72.5 Å². The van der Waals surface area contributed by atoms with E-state index in [-0.39, 0.29) is 0 Å². The predicted octanol–water partition coefficient (Wildman–Crippen LogP) is 2.49. The number of methoxy groups -OCH3 is 1. The van der Waals surface area contributed by atoms with E-state index in [1.807, 2.05) is 26.8 Å². The lowest BCUT2D eigenvalue weighted by Crippen LogP contribution is -2.31. The Morgan fingerprint density at radius 2 is 1.95 bits per heavy atom. The molecule has 1 aromatic rings. The summed E-state index contributed by atoms with van der Waals surface area (Å²) in [5.41, 5.74) is 9.53. The summed E-state index contributed by atoms with van der Waals surface area (Å²) >= 11 is 0. The second kappa shape index (κ2) is 4.53. The molecular formula is C15H21NO3. The zero-order valence-corrected chi connectivity index (χ0v) is 11.9. The van der Waals surface area contributed by atoms with Gasteiger partial charge in [0.1, 0.15) is 5.75 Å². The highest BCUT2D eigenvalue weighted by Crippen LogP contribution is 2.55. The van der Waals surface area contributed by atoms with Crippen LogP contribution in [0.15, 0.2) is 6.07 Å². The van der Waals surface area contributed by atoms with Crippen LogP contribution < -0.4 is 10.5 Å². The Hall–Kier alpha value is -1.55. The van der Waals surface area contributed by atoms with E-state index in [0.717, 1.165) is 28.0 Å². The molecule has 4 nitrogen and oxygen atoms in total. The van der Waals surface area contributed by atoms with Crippen molar-refractivity contribution in [3.05, 3.63) is 28.3 Å². The summed E-state index contributed by atoms with van der Waals surface area (Å²) in [4.78, 5) is 11.4.